The van der Waals surface area contributed by atoms with Crippen LogP contribution in [0.5, 0.6) is 0 Å². The van der Waals surface area contributed by atoms with Gasteiger partial charge in [0.05, 0.1) is 5.92 Å². The molecule has 4 heteroatoms. The Morgan fingerprint density at radius 3 is 2.21 bits per heavy atom. The third-order valence-electron chi connectivity index (χ3n) is 3.82. The number of Topliss-reactive ketones (excluding diaryl/α,β-unsaturated/α-hetero) is 2. The van der Waals surface area contributed by atoms with E-state index in [1.165, 1.54) is 35.6 Å². The number of rotatable bonds is 6. The lowest BCUT2D eigenvalue weighted by atomic mass is 9.89. The van der Waals surface area contributed by atoms with Crippen molar-refractivity contribution in [3.05, 3.63) is 93.9 Å². The fraction of sp³-hybridized carbons (Fsp3) is 0.100. The Morgan fingerprint density at radius 1 is 0.875 bits per heavy atom. The number of carbonyl (C=O) groups is 2. The van der Waals surface area contributed by atoms with Crippen molar-refractivity contribution in [2.45, 2.75) is 12.3 Å². The van der Waals surface area contributed by atoms with Crippen LogP contribution in [0.25, 0.3) is 0 Å². The molecule has 0 aliphatic heterocycles. The summed E-state index contributed by atoms with van der Waals surface area (Å²) in [5.74, 6) is -1.19. The Hall–Kier alpha value is -2.59. The molecule has 1 unspecified atom stereocenters. The van der Waals surface area contributed by atoms with Crippen LogP contribution < -0.4 is 0 Å². The first-order chi connectivity index (χ1) is 11.6. The van der Waals surface area contributed by atoms with Gasteiger partial charge in [0, 0.05) is 22.4 Å². The number of thiophene rings is 1. The molecule has 0 saturated heterocycles. The maximum absolute atomic E-state index is 13.1. The predicted molar refractivity (Wildman–Crippen MR) is 93.2 cm³/mol. The highest BCUT2D eigenvalue weighted by Gasteiger charge is 2.26. The first-order valence-corrected chi connectivity index (χ1v) is 8.44. The van der Waals surface area contributed by atoms with E-state index in [4.69, 9.17) is 0 Å². The van der Waals surface area contributed by atoms with Gasteiger partial charge >= 0.3 is 0 Å². The van der Waals surface area contributed by atoms with Crippen LogP contribution >= 0.6 is 11.3 Å². The smallest absolute Gasteiger partial charge is 0.171 e. The highest BCUT2D eigenvalue weighted by Crippen LogP contribution is 2.29. The maximum atomic E-state index is 13.1. The van der Waals surface area contributed by atoms with Gasteiger partial charge in [-0.15, -0.1) is 11.3 Å². The lowest BCUT2D eigenvalue weighted by Gasteiger charge is -2.14. The van der Waals surface area contributed by atoms with Crippen LogP contribution in [0.1, 0.15) is 37.9 Å². The van der Waals surface area contributed by atoms with Crippen LogP contribution in [-0.2, 0) is 0 Å². The van der Waals surface area contributed by atoms with Gasteiger partial charge in [-0.3, -0.25) is 9.59 Å². The van der Waals surface area contributed by atoms with E-state index >= 15 is 0 Å². The van der Waals surface area contributed by atoms with Gasteiger partial charge in [0.15, 0.2) is 11.6 Å². The van der Waals surface area contributed by atoms with Crippen molar-refractivity contribution >= 4 is 22.9 Å². The summed E-state index contributed by atoms with van der Waals surface area (Å²) in [7, 11) is 0. The van der Waals surface area contributed by atoms with Crippen LogP contribution in [0.4, 0.5) is 4.39 Å². The second-order valence-corrected chi connectivity index (χ2v) is 6.41. The van der Waals surface area contributed by atoms with Crippen LogP contribution in [0.15, 0.2) is 72.1 Å². The molecule has 0 aliphatic rings. The normalized spacial score (nSPS) is 11.9. The van der Waals surface area contributed by atoms with E-state index in [-0.39, 0.29) is 23.8 Å². The number of hydrogen-bond donors (Lipinski definition) is 0. The highest BCUT2D eigenvalue weighted by molar-refractivity contribution is 7.10. The summed E-state index contributed by atoms with van der Waals surface area (Å²) in [6.45, 7) is 0. The number of hydrogen-bond acceptors (Lipinski definition) is 3. The number of carbonyl (C=O) groups excluding carboxylic acids is 2. The van der Waals surface area contributed by atoms with E-state index in [1.807, 2.05) is 23.6 Å². The van der Waals surface area contributed by atoms with Crippen LogP contribution in [0, 0.1) is 5.82 Å². The molecular formula is C20H15FO2S. The standard InChI is InChI=1S/C20H15FO2S/c21-16-10-8-15(9-11-16)20(23)17(19-7-4-12-24-19)13-18(22)14-5-2-1-3-6-14/h1-12,17H,13H2. The Kier molecular flexibility index (Phi) is 4.96. The Labute approximate surface area is 143 Å². The minimum Gasteiger partial charge on any atom is -0.294 e. The minimum absolute atomic E-state index is 0.0792. The number of benzene rings is 2. The summed E-state index contributed by atoms with van der Waals surface area (Å²) in [5, 5.41) is 1.88. The van der Waals surface area contributed by atoms with Crippen LogP contribution in [-0.4, -0.2) is 11.6 Å². The van der Waals surface area contributed by atoms with Crippen LogP contribution in [0.3, 0.4) is 0 Å². The van der Waals surface area contributed by atoms with Gasteiger partial charge in [0.25, 0.3) is 0 Å². The Morgan fingerprint density at radius 2 is 1.58 bits per heavy atom. The third-order valence-corrected chi connectivity index (χ3v) is 4.80. The molecule has 0 N–H and O–H groups in total. The molecule has 1 atom stereocenters. The second-order valence-electron chi connectivity index (χ2n) is 5.43. The van der Waals surface area contributed by atoms with Crippen molar-refractivity contribution < 1.29 is 14.0 Å². The first-order valence-electron chi connectivity index (χ1n) is 7.56. The molecule has 0 spiro atoms. The van der Waals surface area contributed by atoms with Crippen LogP contribution in [0.2, 0.25) is 0 Å². The number of ketones is 2. The molecule has 3 rings (SSSR count). The molecule has 0 amide bonds. The van der Waals surface area contributed by atoms with Crippen molar-refractivity contribution in [3.63, 3.8) is 0 Å². The molecule has 0 radical (unpaired) electrons. The highest BCUT2D eigenvalue weighted by atomic mass is 32.1. The summed E-state index contributed by atoms with van der Waals surface area (Å²) in [6, 6.07) is 18.1. The lowest BCUT2D eigenvalue weighted by molar-refractivity contribution is 0.0895. The summed E-state index contributed by atoms with van der Waals surface area (Å²) >= 11 is 1.45. The fourth-order valence-corrected chi connectivity index (χ4v) is 3.38. The number of halogens is 1. The lowest BCUT2D eigenvalue weighted by Crippen LogP contribution is -2.16. The molecule has 2 nitrogen and oxygen atoms in total. The Bertz CT molecular complexity index is 824. The third kappa shape index (κ3) is 3.66. The molecular weight excluding hydrogens is 323 g/mol. The monoisotopic (exact) mass is 338 g/mol. The van der Waals surface area contributed by atoms with E-state index in [1.54, 1.807) is 24.3 Å². The van der Waals surface area contributed by atoms with Gasteiger partial charge in [0.2, 0.25) is 0 Å². The van der Waals surface area contributed by atoms with Gasteiger partial charge in [-0.05, 0) is 35.7 Å². The predicted octanol–water partition coefficient (Wildman–Crippen LogP) is 5.13. The van der Waals surface area contributed by atoms with E-state index in [2.05, 4.69) is 0 Å². The zero-order chi connectivity index (χ0) is 16.9. The van der Waals surface area contributed by atoms with Crippen molar-refractivity contribution in [2.24, 2.45) is 0 Å². The zero-order valence-electron chi connectivity index (χ0n) is 12.8. The second kappa shape index (κ2) is 7.32. The Balaban J connectivity index is 1.88. The van der Waals surface area contributed by atoms with Crippen molar-refractivity contribution in [1.29, 1.82) is 0 Å². The fourth-order valence-electron chi connectivity index (χ4n) is 2.55. The van der Waals surface area contributed by atoms with Crippen molar-refractivity contribution in [3.8, 4) is 0 Å². The van der Waals surface area contributed by atoms with E-state index in [9.17, 15) is 14.0 Å². The summed E-state index contributed by atoms with van der Waals surface area (Å²) < 4.78 is 13.1. The zero-order valence-corrected chi connectivity index (χ0v) is 13.6. The summed E-state index contributed by atoms with van der Waals surface area (Å²) in [5.41, 5.74) is 1.00. The van der Waals surface area contributed by atoms with Crippen molar-refractivity contribution in [2.75, 3.05) is 0 Å². The quantitative estimate of drug-likeness (QED) is 0.584. The molecule has 0 fully saturated rings. The molecule has 0 aliphatic carbocycles. The molecule has 0 bridgehead atoms. The van der Waals surface area contributed by atoms with Gasteiger partial charge in [-0.2, -0.15) is 0 Å². The maximum Gasteiger partial charge on any atom is 0.171 e. The first kappa shape index (κ1) is 16.3. The molecule has 24 heavy (non-hydrogen) atoms. The molecule has 0 saturated carbocycles. The molecule has 1 aromatic heterocycles. The minimum atomic E-state index is -0.553. The molecule has 1 heterocycles. The molecule has 120 valence electrons. The van der Waals surface area contributed by atoms with E-state index < -0.39 is 5.92 Å². The topological polar surface area (TPSA) is 34.1 Å². The van der Waals surface area contributed by atoms with E-state index in [0.717, 1.165) is 4.88 Å². The van der Waals surface area contributed by atoms with Gasteiger partial charge in [-0.1, -0.05) is 36.4 Å². The van der Waals surface area contributed by atoms with Gasteiger partial charge in [-0.25, -0.2) is 4.39 Å². The largest absolute Gasteiger partial charge is 0.294 e. The summed E-state index contributed by atoms with van der Waals surface area (Å²) in [4.78, 5) is 26.2. The van der Waals surface area contributed by atoms with Crippen molar-refractivity contribution in [1.82, 2.24) is 0 Å². The molecule has 3 aromatic rings. The average molecular weight is 338 g/mol. The van der Waals surface area contributed by atoms with E-state index in [0.29, 0.717) is 11.1 Å². The van der Waals surface area contributed by atoms with Gasteiger partial charge < -0.3 is 0 Å². The SMILES string of the molecule is O=C(CC(C(=O)c1ccc(F)cc1)c1cccs1)c1ccccc1. The molecule has 2 aromatic carbocycles. The van der Waals surface area contributed by atoms with Gasteiger partial charge in [0.1, 0.15) is 5.82 Å². The summed E-state index contributed by atoms with van der Waals surface area (Å²) in [6.07, 6.45) is 0.0980. The average Bonchev–Trinajstić information content (AvgIpc) is 3.14.